The van der Waals surface area contributed by atoms with Crippen LogP contribution in [-0.4, -0.2) is 98.6 Å². The minimum atomic E-state index is -4.44. The first-order valence-electron chi connectivity index (χ1n) is 11.6. The smallest absolute Gasteiger partial charge is 0.379 e. The largest absolute Gasteiger partial charge is 0.416 e. The number of benzene rings is 1. The second-order valence-corrected chi connectivity index (χ2v) is 8.72. The van der Waals surface area contributed by atoms with E-state index in [2.05, 4.69) is 22.2 Å². The SMILES string of the molecule is CN(CCN1CCOCC1)C1CCN(C(=O)CNC(=O)C=Cc2cccc(C(F)(F)F)c2)CC1. The third-order valence-corrected chi connectivity index (χ3v) is 6.37. The highest BCUT2D eigenvalue weighted by Crippen LogP contribution is 2.29. The highest BCUT2D eigenvalue weighted by molar-refractivity contribution is 5.94. The zero-order valence-electron chi connectivity index (χ0n) is 19.5. The number of likely N-dealkylation sites (N-methyl/N-ethyl adjacent to an activating group) is 1. The number of carbonyl (C=O) groups excluding carboxylic acids is 2. The van der Waals surface area contributed by atoms with Crippen LogP contribution in [0.1, 0.15) is 24.0 Å². The van der Waals surface area contributed by atoms with Gasteiger partial charge in [0.2, 0.25) is 11.8 Å². The molecule has 7 nitrogen and oxygen atoms in total. The fourth-order valence-electron chi connectivity index (χ4n) is 4.19. The summed E-state index contributed by atoms with van der Waals surface area (Å²) in [5.74, 6) is -0.682. The molecule has 2 aliphatic heterocycles. The second kappa shape index (κ2) is 12.3. The molecule has 0 atom stereocenters. The number of nitrogens with zero attached hydrogens (tertiary/aromatic N) is 3. The van der Waals surface area contributed by atoms with Crippen molar-refractivity contribution in [2.24, 2.45) is 0 Å². The van der Waals surface area contributed by atoms with Crippen molar-refractivity contribution < 1.29 is 27.5 Å². The van der Waals surface area contributed by atoms with Crippen LogP contribution in [-0.2, 0) is 20.5 Å². The molecule has 3 rings (SSSR count). The van der Waals surface area contributed by atoms with Crippen LogP contribution in [0.4, 0.5) is 13.2 Å². The number of morpholine rings is 1. The van der Waals surface area contributed by atoms with E-state index in [-0.39, 0.29) is 18.0 Å². The summed E-state index contributed by atoms with van der Waals surface area (Å²) in [4.78, 5) is 31.0. The molecule has 1 aromatic rings. The van der Waals surface area contributed by atoms with Crippen LogP contribution in [0.2, 0.25) is 0 Å². The molecule has 10 heteroatoms. The number of nitrogens with one attached hydrogen (secondary N) is 1. The highest BCUT2D eigenvalue weighted by Gasteiger charge is 2.30. The fourth-order valence-corrected chi connectivity index (χ4v) is 4.19. The molecule has 0 unspecified atom stereocenters. The molecule has 188 valence electrons. The Hall–Kier alpha value is -2.43. The molecule has 0 saturated carbocycles. The average Bonchev–Trinajstić information content (AvgIpc) is 2.85. The van der Waals surface area contributed by atoms with Gasteiger partial charge in [-0.2, -0.15) is 13.2 Å². The lowest BCUT2D eigenvalue weighted by Gasteiger charge is -2.38. The van der Waals surface area contributed by atoms with Gasteiger partial charge in [0, 0.05) is 51.4 Å². The molecule has 2 aliphatic rings. The topological polar surface area (TPSA) is 65.1 Å². The molecular weight excluding hydrogens is 449 g/mol. The van der Waals surface area contributed by atoms with Crippen LogP contribution < -0.4 is 5.32 Å². The molecular formula is C24H33F3N4O3. The third-order valence-electron chi connectivity index (χ3n) is 6.37. The Bertz CT molecular complexity index is 848. The van der Waals surface area contributed by atoms with E-state index in [4.69, 9.17) is 4.74 Å². The van der Waals surface area contributed by atoms with Crippen LogP contribution >= 0.6 is 0 Å². The number of hydrogen-bond acceptors (Lipinski definition) is 5. The minimum absolute atomic E-state index is 0.136. The fraction of sp³-hybridized carbons (Fsp3) is 0.583. The van der Waals surface area contributed by atoms with Crippen LogP contribution in [0.25, 0.3) is 6.08 Å². The molecule has 2 heterocycles. The van der Waals surface area contributed by atoms with Crippen molar-refractivity contribution in [1.29, 1.82) is 0 Å². The summed E-state index contributed by atoms with van der Waals surface area (Å²) in [6.07, 6.45) is -0.237. The average molecular weight is 483 g/mol. The Balaban J connectivity index is 1.36. The summed E-state index contributed by atoms with van der Waals surface area (Å²) in [5, 5.41) is 2.52. The lowest BCUT2D eigenvalue weighted by atomic mass is 10.0. The van der Waals surface area contributed by atoms with Crippen LogP contribution in [0.5, 0.6) is 0 Å². The number of rotatable bonds is 8. The Morgan fingerprint density at radius 1 is 1.18 bits per heavy atom. The van der Waals surface area contributed by atoms with Crippen LogP contribution in [0, 0.1) is 0 Å². The number of carbonyl (C=O) groups is 2. The van der Waals surface area contributed by atoms with Crippen LogP contribution in [0.15, 0.2) is 30.3 Å². The van der Waals surface area contributed by atoms with E-state index in [1.807, 2.05) is 0 Å². The van der Waals surface area contributed by atoms with Gasteiger partial charge in [-0.15, -0.1) is 0 Å². The van der Waals surface area contributed by atoms with E-state index in [0.29, 0.717) is 19.1 Å². The Morgan fingerprint density at radius 2 is 1.88 bits per heavy atom. The lowest BCUT2D eigenvalue weighted by molar-refractivity contribution is -0.137. The number of likely N-dealkylation sites (tertiary alicyclic amines) is 1. The second-order valence-electron chi connectivity index (χ2n) is 8.72. The highest BCUT2D eigenvalue weighted by atomic mass is 19.4. The Kier molecular flexibility index (Phi) is 9.49. The molecule has 2 amide bonds. The maximum atomic E-state index is 12.8. The molecule has 0 aliphatic carbocycles. The molecule has 0 radical (unpaired) electrons. The number of halogens is 3. The quantitative estimate of drug-likeness (QED) is 0.575. The zero-order chi connectivity index (χ0) is 24.6. The normalized spacial score (nSPS) is 18.6. The molecule has 1 aromatic carbocycles. The van der Waals surface area contributed by atoms with Crippen molar-refractivity contribution in [3.8, 4) is 0 Å². The minimum Gasteiger partial charge on any atom is -0.379 e. The van der Waals surface area contributed by atoms with Crippen molar-refractivity contribution in [1.82, 2.24) is 20.0 Å². The number of amides is 2. The maximum absolute atomic E-state index is 12.8. The van der Waals surface area contributed by atoms with Crippen molar-refractivity contribution >= 4 is 17.9 Å². The summed E-state index contributed by atoms with van der Waals surface area (Å²) in [5.41, 5.74) is -0.517. The van der Waals surface area contributed by atoms with E-state index < -0.39 is 17.6 Å². The van der Waals surface area contributed by atoms with E-state index in [9.17, 15) is 22.8 Å². The Labute approximate surface area is 198 Å². The van der Waals surface area contributed by atoms with Crippen molar-refractivity contribution in [2.45, 2.75) is 25.1 Å². The zero-order valence-corrected chi connectivity index (χ0v) is 19.5. The van der Waals surface area contributed by atoms with Gasteiger partial charge in [0.25, 0.3) is 0 Å². The monoisotopic (exact) mass is 482 g/mol. The van der Waals surface area contributed by atoms with E-state index >= 15 is 0 Å². The van der Waals surface area contributed by atoms with Gasteiger partial charge < -0.3 is 19.9 Å². The summed E-state index contributed by atoms with van der Waals surface area (Å²) in [6.45, 7) is 6.67. The van der Waals surface area contributed by atoms with Gasteiger partial charge in [-0.25, -0.2) is 0 Å². The van der Waals surface area contributed by atoms with Gasteiger partial charge in [0.15, 0.2) is 0 Å². The Morgan fingerprint density at radius 3 is 2.56 bits per heavy atom. The van der Waals surface area contributed by atoms with Crippen LogP contribution in [0.3, 0.4) is 0 Å². The summed E-state index contributed by atoms with van der Waals surface area (Å²) in [6, 6.07) is 5.13. The molecule has 0 aromatic heterocycles. The van der Waals surface area contributed by atoms with Gasteiger partial charge in [-0.1, -0.05) is 12.1 Å². The summed E-state index contributed by atoms with van der Waals surface area (Å²) < 4.78 is 43.7. The van der Waals surface area contributed by atoms with E-state index in [0.717, 1.165) is 70.4 Å². The number of ether oxygens (including phenoxy) is 1. The molecule has 2 saturated heterocycles. The van der Waals surface area contributed by atoms with Crippen molar-refractivity contribution in [3.63, 3.8) is 0 Å². The van der Waals surface area contributed by atoms with Gasteiger partial charge in [0.1, 0.15) is 0 Å². The lowest BCUT2D eigenvalue weighted by Crippen LogP contribution is -2.49. The first-order valence-corrected chi connectivity index (χ1v) is 11.6. The number of hydrogen-bond donors (Lipinski definition) is 1. The molecule has 2 fully saturated rings. The molecule has 1 N–H and O–H groups in total. The van der Waals surface area contributed by atoms with E-state index in [1.54, 1.807) is 4.90 Å². The third kappa shape index (κ3) is 8.11. The van der Waals surface area contributed by atoms with Crippen molar-refractivity contribution in [2.75, 3.05) is 66.1 Å². The number of piperidine rings is 1. The standard InChI is InChI=1S/C24H33F3N4O3/c1-29(11-12-30-13-15-34-16-14-30)21-7-9-31(10-8-21)23(33)18-28-22(32)6-5-19-3-2-4-20(17-19)24(25,26)27/h2-6,17,21H,7-16,18H2,1H3,(H,28,32). The first-order chi connectivity index (χ1) is 16.2. The maximum Gasteiger partial charge on any atom is 0.416 e. The first kappa shape index (κ1) is 26.2. The summed E-state index contributed by atoms with van der Waals surface area (Å²) in [7, 11) is 2.12. The predicted molar refractivity (Wildman–Crippen MR) is 123 cm³/mol. The molecule has 0 spiro atoms. The van der Waals surface area contributed by atoms with Gasteiger partial charge in [-0.05, 0) is 43.7 Å². The van der Waals surface area contributed by atoms with Gasteiger partial charge in [-0.3, -0.25) is 14.5 Å². The van der Waals surface area contributed by atoms with Gasteiger partial charge in [0.05, 0.1) is 25.3 Å². The number of alkyl halides is 3. The molecule has 34 heavy (non-hydrogen) atoms. The predicted octanol–water partition coefficient (Wildman–Crippen LogP) is 2.09. The summed E-state index contributed by atoms with van der Waals surface area (Å²) >= 11 is 0. The van der Waals surface area contributed by atoms with Gasteiger partial charge >= 0.3 is 6.18 Å². The van der Waals surface area contributed by atoms with E-state index in [1.165, 1.54) is 18.2 Å². The molecule has 0 bridgehead atoms. The van der Waals surface area contributed by atoms with Crippen molar-refractivity contribution in [3.05, 3.63) is 41.5 Å².